The zero-order valence-electron chi connectivity index (χ0n) is 12.7. The van der Waals surface area contributed by atoms with Gasteiger partial charge in [0.15, 0.2) is 0 Å². The highest BCUT2D eigenvalue weighted by Crippen LogP contribution is 2.31. The van der Waals surface area contributed by atoms with Gasteiger partial charge in [-0.05, 0) is 43.7 Å². The lowest BCUT2D eigenvalue weighted by Gasteiger charge is -2.34. The van der Waals surface area contributed by atoms with Crippen LogP contribution >= 0.6 is 0 Å². The molecule has 1 aromatic rings. The molecule has 5 heteroatoms. The standard InChI is InChI=1S/C16H24N2O3/c1-12-7-9-16(20,10-8-12)11-17-15(19)18-13-5-3-4-6-14(13)21-2/h3-6,12,20H,7-11H2,1-2H3,(H2,17,18,19). The van der Waals surface area contributed by atoms with Crippen molar-refractivity contribution in [3.05, 3.63) is 24.3 Å². The second-order valence-electron chi connectivity index (χ2n) is 5.91. The minimum absolute atomic E-state index is 0.278. The fourth-order valence-corrected chi connectivity index (χ4v) is 2.64. The van der Waals surface area contributed by atoms with E-state index in [1.54, 1.807) is 19.2 Å². The maximum atomic E-state index is 11.9. The van der Waals surface area contributed by atoms with E-state index in [2.05, 4.69) is 17.6 Å². The Morgan fingerprint density at radius 2 is 2.05 bits per heavy atom. The molecule has 0 atom stereocenters. The molecule has 0 radical (unpaired) electrons. The minimum atomic E-state index is -0.773. The number of nitrogens with one attached hydrogen (secondary N) is 2. The van der Waals surface area contributed by atoms with E-state index in [9.17, 15) is 9.90 Å². The summed E-state index contributed by atoms with van der Waals surface area (Å²) in [5, 5.41) is 15.9. The number of aliphatic hydroxyl groups is 1. The molecule has 0 aromatic heterocycles. The Labute approximate surface area is 125 Å². The van der Waals surface area contributed by atoms with Crippen molar-refractivity contribution in [2.75, 3.05) is 19.0 Å². The average Bonchev–Trinajstić information content (AvgIpc) is 2.49. The van der Waals surface area contributed by atoms with Crippen LogP contribution in [0.15, 0.2) is 24.3 Å². The lowest BCUT2D eigenvalue weighted by Crippen LogP contribution is -2.46. The summed E-state index contributed by atoms with van der Waals surface area (Å²) in [5.74, 6) is 1.27. The molecule has 0 heterocycles. The molecule has 21 heavy (non-hydrogen) atoms. The monoisotopic (exact) mass is 292 g/mol. The third-order valence-electron chi connectivity index (χ3n) is 4.14. The van der Waals surface area contributed by atoms with Gasteiger partial charge >= 0.3 is 6.03 Å². The number of para-hydroxylation sites is 2. The molecule has 2 rings (SSSR count). The van der Waals surface area contributed by atoms with E-state index >= 15 is 0 Å². The van der Waals surface area contributed by atoms with Crippen LogP contribution in [-0.4, -0.2) is 30.4 Å². The fraction of sp³-hybridized carbons (Fsp3) is 0.562. The second-order valence-corrected chi connectivity index (χ2v) is 5.91. The van der Waals surface area contributed by atoms with Gasteiger partial charge in [-0.25, -0.2) is 4.79 Å². The molecule has 0 spiro atoms. The molecular formula is C16H24N2O3. The van der Waals surface area contributed by atoms with Gasteiger partial charge in [0, 0.05) is 6.54 Å². The van der Waals surface area contributed by atoms with Crippen LogP contribution < -0.4 is 15.4 Å². The minimum Gasteiger partial charge on any atom is -0.495 e. The van der Waals surface area contributed by atoms with Gasteiger partial charge in [-0.15, -0.1) is 0 Å². The van der Waals surface area contributed by atoms with Gasteiger partial charge in [0.1, 0.15) is 5.75 Å². The summed E-state index contributed by atoms with van der Waals surface area (Å²) in [5.41, 5.74) is -0.160. The highest BCUT2D eigenvalue weighted by Gasteiger charge is 2.32. The maximum absolute atomic E-state index is 11.9. The molecule has 116 valence electrons. The first-order valence-electron chi connectivity index (χ1n) is 7.43. The largest absolute Gasteiger partial charge is 0.495 e. The normalized spacial score (nSPS) is 25.2. The summed E-state index contributed by atoms with van der Waals surface area (Å²) in [6.07, 6.45) is 3.49. The number of anilines is 1. The first kappa shape index (κ1) is 15.6. The molecule has 1 aliphatic carbocycles. The first-order valence-corrected chi connectivity index (χ1v) is 7.43. The number of carbonyl (C=O) groups excluding carboxylic acids is 1. The van der Waals surface area contributed by atoms with Crippen molar-refractivity contribution in [2.24, 2.45) is 5.92 Å². The molecule has 0 unspecified atom stereocenters. The van der Waals surface area contributed by atoms with Crippen molar-refractivity contribution in [1.29, 1.82) is 0 Å². The third kappa shape index (κ3) is 4.36. The van der Waals surface area contributed by atoms with Gasteiger partial charge in [-0.2, -0.15) is 0 Å². The molecule has 5 nitrogen and oxygen atoms in total. The van der Waals surface area contributed by atoms with E-state index in [-0.39, 0.29) is 12.6 Å². The summed E-state index contributed by atoms with van der Waals surface area (Å²) >= 11 is 0. The Morgan fingerprint density at radius 3 is 2.71 bits per heavy atom. The SMILES string of the molecule is COc1ccccc1NC(=O)NCC1(O)CCC(C)CC1. The summed E-state index contributed by atoms with van der Waals surface area (Å²) < 4.78 is 5.18. The average molecular weight is 292 g/mol. The van der Waals surface area contributed by atoms with Crippen LogP contribution in [0.5, 0.6) is 5.75 Å². The molecule has 1 aliphatic rings. The van der Waals surface area contributed by atoms with E-state index in [4.69, 9.17) is 4.74 Å². The molecule has 0 bridgehead atoms. The van der Waals surface area contributed by atoms with E-state index in [1.807, 2.05) is 12.1 Å². The van der Waals surface area contributed by atoms with Gasteiger partial charge < -0.3 is 20.5 Å². The molecule has 1 saturated carbocycles. The molecule has 1 aromatic carbocycles. The Hall–Kier alpha value is -1.75. The molecule has 1 fully saturated rings. The van der Waals surface area contributed by atoms with Gasteiger partial charge in [0.25, 0.3) is 0 Å². The van der Waals surface area contributed by atoms with Crippen molar-refractivity contribution >= 4 is 11.7 Å². The van der Waals surface area contributed by atoms with Crippen molar-refractivity contribution in [2.45, 2.75) is 38.2 Å². The van der Waals surface area contributed by atoms with Crippen molar-refractivity contribution in [3.8, 4) is 5.75 Å². The quantitative estimate of drug-likeness (QED) is 0.799. The fourth-order valence-electron chi connectivity index (χ4n) is 2.64. The number of amides is 2. The van der Waals surface area contributed by atoms with Crippen LogP contribution in [0, 0.1) is 5.92 Å². The first-order chi connectivity index (χ1) is 10.0. The summed E-state index contributed by atoms with van der Waals surface area (Å²) in [4.78, 5) is 11.9. The molecular weight excluding hydrogens is 268 g/mol. The van der Waals surface area contributed by atoms with E-state index in [0.717, 1.165) is 25.7 Å². The molecule has 0 aliphatic heterocycles. The summed E-state index contributed by atoms with van der Waals surface area (Å²) in [6, 6.07) is 6.90. The van der Waals surface area contributed by atoms with E-state index in [1.165, 1.54) is 0 Å². The van der Waals surface area contributed by atoms with Crippen LogP contribution in [0.3, 0.4) is 0 Å². The van der Waals surface area contributed by atoms with Crippen LogP contribution in [0.1, 0.15) is 32.6 Å². The van der Waals surface area contributed by atoms with Gasteiger partial charge in [0.05, 0.1) is 18.4 Å². The highest BCUT2D eigenvalue weighted by molar-refractivity contribution is 5.90. The molecule has 0 saturated heterocycles. The van der Waals surface area contributed by atoms with Crippen LogP contribution in [0.4, 0.5) is 10.5 Å². The predicted molar refractivity (Wildman–Crippen MR) is 82.6 cm³/mol. The number of rotatable bonds is 4. The predicted octanol–water partition coefficient (Wildman–Crippen LogP) is 2.76. The number of hydrogen-bond donors (Lipinski definition) is 3. The Kier molecular flexibility index (Phi) is 5.07. The number of hydrogen-bond acceptors (Lipinski definition) is 3. The van der Waals surface area contributed by atoms with E-state index < -0.39 is 5.60 Å². The third-order valence-corrected chi connectivity index (χ3v) is 4.14. The van der Waals surface area contributed by atoms with Crippen LogP contribution in [0.2, 0.25) is 0 Å². The number of carbonyl (C=O) groups is 1. The van der Waals surface area contributed by atoms with Crippen LogP contribution in [0.25, 0.3) is 0 Å². The topological polar surface area (TPSA) is 70.6 Å². The van der Waals surface area contributed by atoms with Gasteiger partial charge in [0.2, 0.25) is 0 Å². The lowest BCUT2D eigenvalue weighted by atomic mass is 9.79. The molecule has 3 N–H and O–H groups in total. The Balaban J connectivity index is 1.85. The molecule has 2 amide bonds. The lowest BCUT2D eigenvalue weighted by molar-refractivity contribution is -0.00356. The number of benzene rings is 1. The number of urea groups is 1. The number of ether oxygens (including phenoxy) is 1. The Morgan fingerprint density at radius 1 is 1.38 bits per heavy atom. The number of methoxy groups -OCH3 is 1. The maximum Gasteiger partial charge on any atom is 0.319 e. The van der Waals surface area contributed by atoms with Crippen LogP contribution in [-0.2, 0) is 0 Å². The zero-order valence-corrected chi connectivity index (χ0v) is 12.7. The van der Waals surface area contributed by atoms with Crippen molar-refractivity contribution < 1.29 is 14.6 Å². The smallest absolute Gasteiger partial charge is 0.319 e. The van der Waals surface area contributed by atoms with Gasteiger partial charge in [-0.1, -0.05) is 19.1 Å². The summed E-state index contributed by atoms with van der Waals surface area (Å²) in [6.45, 7) is 2.47. The van der Waals surface area contributed by atoms with Crippen molar-refractivity contribution in [3.63, 3.8) is 0 Å². The van der Waals surface area contributed by atoms with E-state index in [0.29, 0.717) is 17.4 Å². The highest BCUT2D eigenvalue weighted by atomic mass is 16.5. The van der Waals surface area contributed by atoms with Crippen molar-refractivity contribution in [1.82, 2.24) is 5.32 Å². The summed E-state index contributed by atoms with van der Waals surface area (Å²) in [7, 11) is 1.56. The Bertz CT molecular complexity index is 482. The second kappa shape index (κ2) is 6.80. The zero-order chi connectivity index (χ0) is 15.3. The van der Waals surface area contributed by atoms with Gasteiger partial charge in [-0.3, -0.25) is 0 Å².